The zero-order valence-corrected chi connectivity index (χ0v) is 12.4. The highest BCUT2D eigenvalue weighted by Gasteiger charge is 2.12. The van der Waals surface area contributed by atoms with Crippen LogP contribution in [0.4, 0.5) is 11.4 Å². The average Bonchev–Trinajstić information content (AvgIpc) is 2.46. The number of nitro groups is 1. The van der Waals surface area contributed by atoms with Gasteiger partial charge in [-0.15, -0.1) is 0 Å². The molecule has 2 rings (SSSR count). The lowest BCUT2D eigenvalue weighted by Gasteiger charge is -2.05. The van der Waals surface area contributed by atoms with Gasteiger partial charge in [0, 0.05) is 22.2 Å². The first-order chi connectivity index (χ1) is 9.97. The first kappa shape index (κ1) is 15.0. The molecule has 5 nitrogen and oxygen atoms in total. The normalized spacial score (nSPS) is 11.3. The minimum atomic E-state index is -0.390. The summed E-state index contributed by atoms with van der Waals surface area (Å²) >= 11 is 5.80. The lowest BCUT2D eigenvalue weighted by Crippen LogP contribution is -2.01. The highest BCUT2D eigenvalue weighted by Crippen LogP contribution is 2.20. The fourth-order valence-corrected chi connectivity index (χ4v) is 1.89. The Bertz CT molecular complexity index is 697. The van der Waals surface area contributed by atoms with Crippen LogP contribution in [0.1, 0.15) is 18.1 Å². The van der Waals surface area contributed by atoms with Crippen molar-refractivity contribution < 1.29 is 4.92 Å². The van der Waals surface area contributed by atoms with Gasteiger partial charge in [-0.3, -0.25) is 15.5 Å². The summed E-state index contributed by atoms with van der Waals surface area (Å²) < 4.78 is 0. The lowest BCUT2D eigenvalue weighted by atomic mass is 10.1. The smallest absolute Gasteiger partial charge is 0.272 e. The van der Waals surface area contributed by atoms with E-state index in [0.717, 1.165) is 5.69 Å². The van der Waals surface area contributed by atoms with Gasteiger partial charge in [-0.1, -0.05) is 23.7 Å². The van der Waals surface area contributed by atoms with E-state index in [4.69, 9.17) is 11.6 Å². The third-order valence-corrected chi connectivity index (χ3v) is 3.27. The van der Waals surface area contributed by atoms with Crippen LogP contribution in [0, 0.1) is 17.0 Å². The third-order valence-electron chi connectivity index (χ3n) is 3.02. The van der Waals surface area contributed by atoms with Crippen LogP contribution in [0.5, 0.6) is 0 Å². The summed E-state index contributed by atoms with van der Waals surface area (Å²) in [7, 11) is 0. The fraction of sp³-hybridized carbons (Fsp3) is 0.133. The van der Waals surface area contributed by atoms with Gasteiger partial charge in [-0.2, -0.15) is 5.10 Å². The molecule has 21 heavy (non-hydrogen) atoms. The van der Waals surface area contributed by atoms with E-state index in [1.807, 2.05) is 6.07 Å². The molecule has 0 saturated carbocycles. The second-order valence-electron chi connectivity index (χ2n) is 4.57. The minimum Gasteiger partial charge on any atom is -0.278 e. The molecular formula is C15H14ClN3O2. The molecule has 1 N–H and O–H groups in total. The second kappa shape index (κ2) is 6.37. The van der Waals surface area contributed by atoms with Crippen LogP contribution in [0.2, 0.25) is 5.02 Å². The minimum absolute atomic E-state index is 0.0912. The largest absolute Gasteiger partial charge is 0.278 e. The van der Waals surface area contributed by atoms with Crippen LogP contribution >= 0.6 is 11.6 Å². The number of hydrogen-bond donors (Lipinski definition) is 1. The number of halogens is 1. The molecule has 2 aromatic rings. The molecule has 0 fully saturated rings. The number of aryl methyl sites for hydroxylation is 1. The molecule has 0 unspecified atom stereocenters. The van der Waals surface area contributed by atoms with E-state index in [1.165, 1.54) is 6.07 Å². The van der Waals surface area contributed by atoms with E-state index in [1.54, 1.807) is 44.2 Å². The Hall–Kier alpha value is -2.40. The molecule has 0 radical (unpaired) electrons. The molecule has 0 heterocycles. The molecule has 6 heteroatoms. The van der Waals surface area contributed by atoms with Gasteiger partial charge in [0.1, 0.15) is 0 Å². The molecule has 0 aliphatic rings. The predicted molar refractivity (Wildman–Crippen MR) is 85.1 cm³/mol. The van der Waals surface area contributed by atoms with E-state index in [2.05, 4.69) is 10.5 Å². The summed E-state index contributed by atoms with van der Waals surface area (Å²) in [5, 5.41) is 15.8. The van der Waals surface area contributed by atoms with Gasteiger partial charge < -0.3 is 0 Å². The maximum absolute atomic E-state index is 10.9. The summed E-state index contributed by atoms with van der Waals surface area (Å²) in [6.07, 6.45) is 0. The molecular weight excluding hydrogens is 290 g/mol. The second-order valence-corrected chi connectivity index (χ2v) is 5.01. The molecule has 0 aliphatic carbocycles. The van der Waals surface area contributed by atoms with Crippen molar-refractivity contribution in [3.8, 4) is 0 Å². The number of nitrogens with one attached hydrogen (secondary N) is 1. The predicted octanol–water partition coefficient (Wildman–Crippen LogP) is 4.39. The van der Waals surface area contributed by atoms with Crippen LogP contribution < -0.4 is 5.43 Å². The van der Waals surface area contributed by atoms with Crippen molar-refractivity contribution in [3.63, 3.8) is 0 Å². The number of benzene rings is 2. The maximum atomic E-state index is 10.9. The standard InChI is InChI=1S/C15H14ClN3O2/c1-10-3-4-12(9-15(10)19(20)21)11(2)17-18-14-7-5-13(16)6-8-14/h3-9,18H,1-2H3/b17-11-. The van der Waals surface area contributed by atoms with Crippen molar-refractivity contribution in [2.45, 2.75) is 13.8 Å². The number of anilines is 1. The maximum Gasteiger partial charge on any atom is 0.272 e. The SMILES string of the molecule is C/C(=N/Nc1ccc(Cl)cc1)c1ccc(C)c([N+](=O)[O-])c1. The highest BCUT2D eigenvalue weighted by molar-refractivity contribution is 6.30. The third kappa shape index (κ3) is 3.79. The van der Waals surface area contributed by atoms with Crippen LogP contribution in [-0.2, 0) is 0 Å². The highest BCUT2D eigenvalue weighted by atomic mass is 35.5. The van der Waals surface area contributed by atoms with Crippen molar-refractivity contribution in [1.82, 2.24) is 0 Å². The number of hydrazone groups is 1. The summed E-state index contributed by atoms with van der Waals surface area (Å²) in [6.45, 7) is 3.50. The Morgan fingerprint density at radius 3 is 2.52 bits per heavy atom. The van der Waals surface area contributed by atoms with Crippen molar-refractivity contribution in [3.05, 3.63) is 68.7 Å². The Kier molecular flexibility index (Phi) is 4.55. The van der Waals surface area contributed by atoms with Gasteiger partial charge in [-0.25, -0.2) is 0 Å². The monoisotopic (exact) mass is 303 g/mol. The van der Waals surface area contributed by atoms with Gasteiger partial charge in [0.2, 0.25) is 0 Å². The van der Waals surface area contributed by atoms with Crippen LogP contribution in [0.25, 0.3) is 0 Å². The van der Waals surface area contributed by atoms with E-state index < -0.39 is 4.92 Å². The van der Waals surface area contributed by atoms with Gasteiger partial charge in [0.25, 0.3) is 5.69 Å². The Morgan fingerprint density at radius 1 is 1.24 bits per heavy atom. The Balaban J connectivity index is 2.21. The molecule has 0 atom stereocenters. The average molecular weight is 304 g/mol. The number of nitrogens with zero attached hydrogens (tertiary/aromatic N) is 2. The summed E-state index contributed by atoms with van der Waals surface area (Å²) in [4.78, 5) is 10.6. The summed E-state index contributed by atoms with van der Waals surface area (Å²) in [5.74, 6) is 0. The van der Waals surface area contributed by atoms with Crippen molar-refractivity contribution in [2.75, 3.05) is 5.43 Å². The zero-order chi connectivity index (χ0) is 15.4. The molecule has 0 aromatic heterocycles. The van der Waals surface area contributed by atoms with E-state index in [0.29, 0.717) is 21.9 Å². The van der Waals surface area contributed by atoms with Gasteiger partial charge >= 0.3 is 0 Å². The van der Waals surface area contributed by atoms with Crippen molar-refractivity contribution in [1.29, 1.82) is 0 Å². The number of hydrogen-bond acceptors (Lipinski definition) is 4. The summed E-state index contributed by atoms with van der Waals surface area (Å²) in [6, 6.07) is 12.2. The van der Waals surface area contributed by atoms with E-state index in [-0.39, 0.29) is 5.69 Å². The van der Waals surface area contributed by atoms with Crippen molar-refractivity contribution >= 4 is 28.7 Å². The van der Waals surface area contributed by atoms with Crippen LogP contribution in [0.3, 0.4) is 0 Å². The quantitative estimate of drug-likeness (QED) is 0.517. The van der Waals surface area contributed by atoms with E-state index in [9.17, 15) is 10.1 Å². The number of nitro benzene ring substituents is 1. The molecule has 0 saturated heterocycles. The molecule has 0 bridgehead atoms. The Labute approximate surface area is 127 Å². The van der Waals surface area contributed by atoms with Gasteiger partial charge in [-0.05, 0) is 38.1 Å². The molecule has 0 spiro atoms. The summed E-state index contributed by atoms with van der Waals surface area (Å²) in [5.41, 5.74) is 5.77. The topological polar surface area (TPSA) is 67.5 Å². The first-order valence-electron chi connectivity index (χ1n) is 6.28. The molecule has 0 amide bonds. The van der Waals surface area contributed by atoms with Crippen LogP contribution in [-0.4, -0.2) is 10.6 Å². The Morgan fingerprint density at radius 2 is 1.90 bits per heavy atom. The molecule has 0 aliphatic heterocycles. The fourth-order valence-electron chi connectivity index (χ4n) is 1.77. The van der Waals surface area contributed by atoms with E-state index >= 15 is 0 Å². The van der Waals surface area contributed by atoms with Crippen molar-refractivity contribution in [2.24, 2.45) is 5.10 Å². The molecule has 2 aromatic carbocycles. The first-order valence-corrected chi connectivity index (χ1v) is 6.66. The molecule has 108 valence electrons. The van der Waals surface area contributed by atoms with Gasteiger partial charge in [0.15, 0.2) is 0 Å². The van der Waals surface area contributed by atoms with Gasteiger partial charge in [0.05, 0.1) is 16.3 Å². The lowest BCUT2D eigenvalue weighted by molar-refractivity contribution is -0.385. The van der Waals surface area contributed by atoms with Crippen LogP contribution in [0.15, 0.2) is 47.6 Å². The number of rotatable bonds is 4. The zero-order valence-electron chi connectivity index (χ0n) is 11.6.